The van der Waals surface area contributed by atoms with Crippen LogP contribution in [0.2, 0.25) is 0 Å². The number of nitrogens with zero attached hydrogens (tertiary/aromatic N) is 4. The summed E-state index contributed by atoms with van der Waals surface area (Å²) >= 11 is 0. The summed E-state index contributed by atoms with van der Waals surface area (Å²) in [6.07, 6.45) is 2.23. The maximum absolute atomic E-state index is 14.3. The highest BCUT2D eigenvalue weighted by atomic mass is 31.2. The fraction of sp³-hybridized carbons (Fsp3) is 0.379. The fourth-order valence-corrected chi connectivity index (χ4v) is 5.92. The SMILES string of the molecule is Cc1ccccc1COP(=O)(CO[C@H](C)Cn1cnc2c(N)ncnc21)N[C@@H](Cc1ccccc1)C(=O)OC(C)C. The van der Waals surface area contributed by atoms with Crippen molar-refractivity contribution in [3.05, 3.63) is 83.9 Å². The molecule has 0 saturated heterocycles. The van der Waals surface area contributed by atoms with E-state index in [1.165, 1.54) is 6.33 Å². The molecular weight excluding hydrogens is 543 g/mol. The van der Waals surface area contributed by atoms with Crippen LogP contribution in [0.1, 0.15) is 37.5 Å². The van der Waals surface area contributed by atoms with Crippen LogP contribution in [0.15, 0.2) is 67.3 Å². The molecule has 0 amide bonds. The molecule has 4 rings (SSSR count). The van der Waals surface area contributed by atoms with Crippen molar-refractivity contribution in [2.45, 2.75) is 65.5 Å². The summed E-state index contributed by atoms with van der Waals surface area (Å²) in [7, 11) is -3.74. The number of aromatic nitrogens is 4. The number of benzene rings is 2. The molecule has 1 unspecified atom stereocenters. The number of nitrogens with one attached hydrogen (secondary N) is 1. The Morgan fingerprint density at radius 3 is 2.51 bits per heavy atom. The largest absolute Gasteiger partial charge is 0.462 e. The molecule has 0 aliphatic heterocycles. The van der Waals surface area contributed by atoms with E-state index in [0.717, 1.165) is 16.7 Å². The van der Waals surface area contributed by atoms with Crippen LogP contribution in [0.5, 0.6) is 0 Å². The van der Waals surface area contributed by atoms with Gasteiger partial charge in [0.2, 0.25) is 0 Å². The molecule has 0 radical (unpaired) electrons. The summed E-state index contributed by atoms with van der Waals surface area (Å²) in [6, 6.07) is 16.3. The molecule has 11 nitrogen and oxygen atoms in total. The van der Waals surface area contributed by atoms with Gasteiger partial charge in [-0.05, 0) is 50.8 Å². The van der Waals surface area contributed by atoms with Crippen LogP contribution in [0.3, 0.4) is 0 Å². The number of nitrogen functional groups attached to an aromatic ring is 1. The number of carbonyl (C=O) groups is 1. The van der Waals surface area contributed by atoms with Crippen LogP contribution in [-0.4, -0.2) is 50.1 Å². The van der Waals surface area contributed by atoms with Gasteiger partial charge < -0.3 is 24.3 Å². The second-order valence-corrected chi connectivity index (χ2v) is 12.3. The summed E-state index contributed by atoms with van der Waals surface area (Å²) in [6.45, 7) is 7.79. The van der Waals surface area contributed by atoms with Crippen molar-refractivity contribution in [2.24, 2.45) is 0 Å². The highest BCUT2D eigenvalue weighted by molar-refractivity contribution is 7.56. The fourth-order valence-electron chi connectivity index (χ4n) is 4.23. The van der Waals surface area contributed by atoms with Crippen molar-refractivity contribution in [1.29, 1.82) is 0 Å². The highest BCUT2D eigenvalue weighted by Crippen LogP contribution is 2.45. The Hall–Kier alpha value is -3.63. The Labute approximate surface area is 240 Å². The van der Waals surface area contributed by atoms with E-state index in [2.05, 4.69) is 20.0 Å². The Kier molecular flexibility index (Phi) is 10.2. The van der Waals surface area contributed by atoms with E-state index in [1.807, 2.05) is 68.4 Å². The molecule has 2 aromatic heterocycles. The average Bonchev–Trinajstić information content (AvgIpc) is 3.35. The zero-order valence-electron chi connectivity index (χ0n) is 23.8. The van der Waals surface area contributed by atoms with E-state index in [-0.39, 0.29) is 25.5 Å². The molecule has 0 bridgehead atoms. The number of hydrogen-bond acceptors (Lipinski definition) is 9. The maximum atomic E-state index is 14.3. The standard InChI is InChI=1S/C29H37N6O5P/c1-20(2)40-29(36)25(14-23-11-6-5-7-12-23)34-41(37,39-16-24-13-9-8-10-21(24)3)19-38-22(4)15-35-18-33-26-27(30)31-17-32-28(26)35/h5-13,17-18,20,22,25H,14-16,19H2,1-4H3,(H,34,37)(H2,30,31,32)/t22-,25+,41?/m1/s1. The van der Waals surface area contributed by atoms with Crippen molar-refractivity contribution < 1.29 is 23.4 Å². The van der Waals surface area contributed by atoms with Gasteiger partial charge in [-0.3, -0.25) is 9.36 Å². The summed E-state index contributed by atoms with van der Waals surface area (Å²) in [5, 5.41) is 3.00. The van der Waals surface area contributed by atoms with Crippen molar-refractivity contribution >= 4 is 30.5 Å². The lowest BCUT2D eigenvalue weighted by Crippen LogP contribution is -2.40. The zero-order chi connectivity index (χ0) is 29.4. The third-order valence-corrected chi connectivity index (χ3v) is 8.11. The first kappa shape index (κ1) is 30.3. The molecule has 4 aromatic rings. The monoisotopic (exact) mass is 580 g/mol. The van der Waals surface area contributed by atoms with Gasteiger partial charge in [0.05, 0.1) is 31.7 Å². The minimum Gasteiger partial charge on any atom is -0.462 e. The number of rotatable bonds is 14. The molecule has 0 spiro atoms. The minimum atomic E-state index is -3.74. The van der Waals surface area contributed by atoms with Crippen LogP contribution in [0, 0.1) is 6.92 Å². The quantitative estimate of drug-likeness (QED) is 0.160. The summed E-state index contributed by atoms with van der Waals surface area (Å²) in [5.74, 6) is -0.225. The van der Waals surface area contributed by atoms with E-state index >= 15 is 0 Å². The first-order chi connectivity index (χ1) is 19.6. The first-order valence-electron chi connectivity index (χ1n) is 13.5. The van der Waals surface area contributed by atoms with Gasteiger partial charge in [0.15, 0.2) is 11.5 Å². The van der Waals surface area contributed by atoms with E-state index < -0.39 is 25.6 Å². The number of ether oxygens (including phenoxy) is 2. The minimum absolute atomic E-state index is 0.0777. The molecule has 0 aliphatic rings. The normalized spacial score (nSPS) is 14.6. The number of esters is 1. The summed E-state index contributed by atoms with van der Waals surface area (Å²) in [5.41, 5.74) is 9.75. The molecule has 12 heteroatoms. The number of nitrogens with two attached hydrogens (primary N) is 1. The molecule has 3 atom stereocenters. The molecule has 41 heavy (non-hydrogen) atoms. The van der Waals surface area contributed by atoms with E-state index in [0.29, 0.717) is 23.5 Å². The van der Waals surface area contributed by atoms with Gasteiger partial charge in [-0.1, -0.05) is 54.6 Å². The van der Waals surface area contributed by atoms with Gasteiger partial charge in [0.25, 0.3) is 7.52 Å². The number of fused-ring (bicyclic) bond motifs is 1. The Morgan fingerprint density at radius 2 is 1.78 bits per heavy atom. The van der Waals surface area contributed by atoms with Crippen LogP contribution in [-0.2, 0) is 42.9 Å². The summed E-state index contributed by atoms with van der Waals surface area (Å²) in [4.78, 5) is 25.7. The number of imidazole rings is 1. The maximum Gasteiger partial charge on any atom is 0.324 e. The van der Waals surface area contributed by atoms with E-state index in [1.54, 1.807) is 24.7 Å². The second kappa shape index (κ2) is 13.8. The van der Waals surface area contributed by atoms with Gasteiger partial charge >= 0.3 is 5.97 Å². The van der Waals surface area contributed by atoms with Crippen molar-refractivity contribution in [1.82, 2.24) is 24.6 Å². The third kappa shape index (κ3) is 8.43. The molecule has 0 aliphatic carbocycles. The lowest BCUT2D eigenvalue weighted by atomic mass is 10.1. The molecule has 0 fully saturated rings. The van der Waals surface area contributed by atoms with Crippen LogP contribution in [0.25, 0.3) is 11.2 Å². The summed E-state index contributed by atoms with van der Waals surface area (Å²) < 4.78 is 33.7. The lowest BCUT2D eigenvalue weighted by Gasteiger charge is -2.27. The first-order valence-corrected chi connectivity index (χ1v) is 15.3. The molecular formula is C29H37N6O5P. The predicted molar refractivity (Wildman–Crippen MR) is 157 cm³/mol. The van der Waals surface area contributed by atoms with Gasteiger partial charge in [0.1, 0.15) is 24.2 Å². The average molecular weight is 581 g/mol. The Morgan fingerprint density at radius 1 is 1.05 bits per heavy atom. The van der Waals surface area contributed by atoms with Gasteiger partial charge in [0, 0.05) is 0 Å². The zero-order valence-corrected chi connectivity index (χ0v) is 24.7. The van der Waals surface area contributed by atoms with Gasteiger partial charge in [-0.15, -0.1) is 0 Å². The van der Waals surface area contributed by atoms with Crippen LogP contribution >= 0.6 is 7.52 Å². The van der Waals surface area contributed by atoms with Crippen molar-refractivity contribution in [3.63, 3.8) is 0 Å². The van der Waals surface area contributed by atoms with Crippen molar-refractivity contribution in [2.75, 3.05) is 12.1 Å². The van der Waals surface area contributed by atoms with Gasteiger partial charge in [-0.25, -0.2) is 20.0 Å². The van der Waals surface area contributed by atoms with Crippen molar-refractivity contribution in [3.8, 4) is 0 Å². The highest BCUT2D eigenvalue weighted by Gasteiger charge is 2.33. The smallest absolute Gasteiger partial charge is 0.324 e. The lowest BCUT2D eigenvalue weighted by molar-refractivity contribution is -0.149. The topological polar surface area (TPSA) is 143 Å². The van der Waals surface area contributed by atoms with E-state index in [4.69, 9.17) is 19.7 Å². The van der Waals surface area contributed by atoms with E-state index in [9.17, 15) is 9.36 Å². The molecule has 2 heterocycles. The van der Waals surface area contributed by atoms with Crippen LogP contribution < -0.4 is 10.8 Å². The predicted octanol–water partition coefficient (Wildman–Crippen LogP) is 4.64. The third-order valence-electron chi connectivity index (χ3n) is 6.37. The van der Waals surface area contributed by atoms with Gasteiger partial charge in [-0.2, -0.15) is 0 Å². The molecule has 2 aromatic carbocycles. The molecule has 218 valence electrons. The second-order valence-electron chi connectivity index (χ2n) is 10.2. The van der Waals surface area contributed by atoms with Crippen LogP contribution in [0.4, 0.5) is 5.82 Å². The Balaban J connectivity index is 1.53. The number of anilines is 1. The number of aryl methyl sites for hydroxylation is 1. The molecule has 3 N–H and O–H groups in total. The number of hydrogen-bond donors (Lipinski definition) is 2. The number of carbonyl (C=O) groups excluding carboxylic acids is 1. The Bertz CT molecular complexity index is 1500. The molecule has 0 saturated carbocycles.